The Hall–Kier alpha value is -1.94. The summed E-state index contributed by atoms with van der Waals surface area (Å²) >= 11 is 0. The van der Waals surface area contributed by atoms with Crippen LogP contribution >= 0.6 is 0 Å². The molecular weight excluding hydrogens is 272 g/mol. The van der Waals surface area contributed by atoms with Crippen molar-refractivity contribution in [3.8, 4) is 5.75 Å². The molecule has 0 saturated carbocycles. The molecule has 21 heavy (non-hydrogen) atoms. The zero-order valence-corrected chi connectivity index (χ0v) is 12.2. The van der Waals surface area contributed by atoms with Gasteiger partial charge >= 0.3 is 0 Å². The van der Waals surface area contributed by atoms with Crippen molar-refractivity contribution in [3.63, 3.8) is 0 Å². The summed E-state index contributed by atoms with van der Waals surface area (Å²) in [6.07, 6.45) is 0.891. The molecule has 0 aromatic heterocycles. The van der Waals surface area contributed by atoms with Crippen molar-refractivity contribution in [1.29, 1.82) is 0 Å². The van der Waals surface area contributed by atoms with Gasteiger partial charge in [0.25, 0.3) is 0 Å². The van der Waals surface area contributed by atoms with E-state index in [2.05, 4.69) is 5.32 Å². The molecule has 1 atom stereocenters. The number of hydrogen-bond donors (Lipinski definition) is 1. The Kier molecular flexibility index (Phi) is 5.28. The summed E-state index contributed by atoms with van der Waals surface area (Å²) in [5.41, 5.74) is 1.07. The highest BCUT2D eigenvalue weighted by atomic mass is 19.1. The van der Waals surface area contributed by atoms with Gasteiger partial charge in [-0.25, -0.2) is 8.78 Å². The molecule has 0 aliphatic carbocycles. The predicted octanol–water partition coefficient (Wildman–Crippen LogP) is 4.06. The third-order valence-electron chi connectivity index (χ3n) is 3.30. The Balaban J connectivity index is 2.50. The van der Waals surface area contributed by atoms with Crippen LogP contribution in [0.4, 0.5) is 8.78 Å². The Bertz CT molecular complexity index is 601. The van der Waals surface area contributed by atoms with Crippen molar-refractivity contribution in [2.24, 2.45) is 0 Å². The highest BCUT2D eigenvalue weighted by Crippen LogP contribution is 2.32. The molecule has 0 fully saturated rings. The molecule has 2 aromatic carbocycles. The first-order chi connectivity index (χ1) is 10.2. The van der Waals surface area contributed by atoms with Crippen LogP contribution in [0.5, 0.6) is 5.75 Å². The minimum absolute atomic E-state index is 0.342. The molecule has 0 spiro atoms. The van der Waals surface area contributed by atoms with E-state index in [-0.39, 0.29) is 11.6 Å². The van der Waals surface area contributed by atoms with Gasteiger partial charge in [-0.3, -0.25) is 0 Å². The fraction of sp³-hybridized carbons (Fsp3) is 0.294. The van der Waals surface area contributed by atoms with Crippen LogP contribution in [0.2, 0.25) is 0 Å². The first-order valence-electron chi connectivity index (χ1n) is 6.98. The SMILES string of the molecule is CCCNC(c1cccc(F)c1)c1c(F)cccc1OC. The average Bonchev–Trinajstić information content (AvgIpc) is 2.49. The second-order valence-corrected chi connectivity index (χ2v) is 4.80. The van der Waals surface area contributed by atoms with Crippen LogP contribution in [0.15, 0.2) is 42.5 Å². The zero-order valence-electron chi connectivity index (χ0n) is 12.2. The average molecular weight is 291 g/mol. The summed E-state index contributed by atoms with van der Waals surface area (Å²) in [6, 6.07) is 10.4. The number of methoxy groups -OCH3 is 1. The Morgan fingerprint density at radius 2 is 1.90 bits per heavy atom. The molecule has 4 heteroatoms. The standard InChI is InChI=1S/C17H19F2NO/c1-3-10-20-17(12-6-4-7-13(18)11-12)16-14(19)8-5-9-15(16)21-2/h4-9,11,17,20H,3,10H2,1-2H3. The maximum atomic E-state index is 14.3. The van der Waals surface area contributed by atoms with Gasteiger partial charge in [0, 0.05) is 0 Å². The van der Waals surface area contributed by atoms with Crippen molar-refractivity contribution < 1.29 is 13.5 Å². The molecular formula is C17H19F2NO. The molecule has 0 aliphatic heterocycles. The van der Waals surface area contributed by atoms with Gasteiger partial charge in [-0.05, 0) is 42.8 Å². The predicted molar refractivity (Wildman–Crippen MR) is 79.5 cm³/mol. The second-order valence-electron chi connectivity index (χ2n) is 4.80. The smallest absolute Gasteiger partial charge is 0.132 e. The lowest BCUT2D eigenvalue weighted by molar-refractivity contribution is 0.396. The monoisotopic (exact) mass is 291 g/mol. The van der Waals surface area contributed by atoms with Crippen molar-refractivity contribution in [2.45, 2.75) is 19.4 Å². The topological polar surface area (TPSA) is 21.3 Å². The van der Waals surface area contributed by atoms with E-state index in [1.807, 2.05) is 6.92 Å². The maximum Gasteiger partial charge on any atom is 0.132 e. The summed E-state index contributed by atoms with van der Waals surface area (Å²) in [4.78, 5) is 0. The first kappa shape index (κ1) is 15.4. The molecule has 0 heterocycles. The number of halogens is 2. The summed E-state index contributed by atoms with van der Waals surface area (Å²) in [5.74, 6) is -0.258. The van der Waals surface area contributed by atoms with E-state index in [0.29, 0.717) is 23.4 Å². The third kappa shape index (κ3) is 3.58. The van der Waals surface area contributed by atoms with Crippen LogP contribution in [0, 0.1) is 11.6 Å². The summed E-state index contributed by atoms with van der Waals surface area (Å²) < 4.78 is 33.0. The zero-order chi connectivity index (χ0) is 15.2. The van der Waals surface area contributed by atoms with Crippen LogP contribution in [0.3, 0.4) is 0 Å². The lowest BCUT2D eigenvalue weighted by atomic mass is 9.97. The van der Waals surface area contributed by atoms with Crippen LogP contribution in [-0.2, 0) is 0 Å². The van der Waals surface area contributed by atoms with Crippen molar-refractivity contribution in [2.75, 3.05) is 13.7 Å². The van der Waals surface area contributed by atoms with Crippen LogP contribution < -0.4 is 10.1 Å². The number of nitrogens with one attached hydrogen (secondary N) is 1. The molecule has 2 rings (SSSR count). The van der Waals surface area contributed by atoms with Crippen LogP contribution in [0.25, 0.3) is 0 Å². The van der Waals surface area contributed by atoms with E-state index in [1.54, 1.807) is 24.3 Å². The fourth-order valence-corrected chi connectivity index (χ4v) is 2.34. The minimum Gasteiger partial charge on any atom is -0.496 e. The largest absolute Gasteiger partial charge is 0.496 e. The van der Waals surface area contributed by atoms with Crippen molar-refractivity contribution in [3.05, 3.63) is 65.2 Å². The van der Waals surface area contributed by atoms with Gasteiger partial charge in [-0.1, -0.05) is 25.1 Å². The Morgan fingerprint density at radius 1 is 1.14 bits per heavy atom. The molecule has 2 aromatic rings. The third-order valence-corrected chi connectivity index (χ3v) is 3.30. The highest BCUT2D eigenvalue weighted by molar-refractivity contribution is 5.42. The van der Waals surface area contributed by atoms with Gasteiger partial charge in [0.2, 0.25) is 0 Å². The van der Waals surface area contributed by atoms with E-state index in [9.17, 15) is 8.78 Å². The summed E-state index contributed by atoms with van der Waals surface area (Å²) in [5, 5.41) is 3.26. The first-order valence-corrected chi connectivity index (χ1v) is 6.98. The lowest BCUT2D eigenvalue weighted by Crippen LogP contribution is -2.24. The Morgan fingerprint density at radius 3 is 2.57 bits per heavy atom. The van der Waals surface area contributed by atoms with Crippen molar-refractivity contribution >= 4 is 0 Å². The molecule has 0 amide bonds. The van der Waals surface area contributed by atoms with E-state index >= 15 is 0 Å². The minimum atomic E-state index is -0.447. The van der Waals surface area contributed by atoms with Gasteiger partial charge in [-0.15, -0.1) is 0 Å². The Labute approximate surface area is 123 Å². The van der Waals surface area contributed by atoms with E-state index in [1.165, 1.54) is 25.3 Å². The summed E-state index contributed by atoms with van der Waals surface area (Å²) in [6.45, 7) is 2.72. The second kappa shape index (κ2) is 7.18. The van der Waals surface area contributed by atoms with E-state index < -0.39 is 6.04 Å². The fourth-order valence-electron chi connectivity index (χ4n) is 2.34. The van der Waals surface area contributed by atoms with Crippen molar-refractivity contribution in [1.82, 2.24) is 5.32 Å². The van der Waals surface area contributed by atoms with Gasteiger partial charge < -0.3 is 10.1 Å². The van der Waals surface area contributed by atoms with Crippen LogP contribution in [-0.4, -0.2) is 13.7 Å². The summed E-state index contributed by atoms with van der Waals surface area (Å²) in [7, 11) is 1.50. The highest BCUT2D eigenvalue weighted by Gasteiger charge is 2.22. The molecule has 0 bridgehead atoms. The lowest BCUT2D eigenvalue weighted by Gasteiger charge is -2.22. The normalized spacial score (nSPS) is 12.2. The molecule has 2 nitrogen and oxygen atoms in total. The van der Waals surface area contributed by atoms with Crippen LogP contribution in [0.1, 0.15) is 30.5 Å². The maximum absolute atomic E-state index is 14.3. The molecule has 112 valence electrons. The van der Waals surface area contributed by atoms with E-state index in [0.717, 1.165) is 6.42 Å². The number of ether oxygens (including phenoxy) is 1. The quantitative estimate of drug-likeness (QED) is 0.866. The number of benzene rings is 2. The van der Waals surface area contributed by atoms with Gasteiger partial charge in [0.15, 0.2) is 0 Å². The molecule has 0 aliphatic rings. The van der Waals surface area contributed by atoms with E-state index in [4.69, 9.17) is 4.74 Å². The number of rotatable bonds is 6. The molecule has 1 N–H and O–H groups in total. The van der Waals surface area contributed by atoms with Gasteiger partial charge in [0.05, 0.1) is 18.7 Å². The molecule has 1 unspecified atom stereocenters. The van der Waals surface area contributed by atoms with Gasteiger partial charge in [-0.2, -0.15) is 0 Å². The van der Waals surface area contributed by atoms with Gasteiger partial charge in [0.1, 0.15) is 17.4 Å². The molecule has 0 radical (unpaired) electrons. The molecule has 0 saturated heterocycles. The number of hydrogen-bond acceptors (Lipinski definition) is 2.